The number of hydrogen-bond donors (Lipinski definition) is 0. The van der Waals surface area contributed by atoms with E-state index in [-0.39, 0.29) is 0 Å². The Labute approximate surface area is 152 Å². The summed E-state index contributed by atoms with van der Waals surface area (Å²) in [6.45, 7) is 0. The summed E-state index contributed by atoms with van der Waals surface area (Å²) in [5.41, 5.74) is 1.94. The normalized spacial score (nSPS) is 10.6. The summed E-state index contributed by atoms with van der Waals surface area (Å²) in [6, 6.07) is 13.6. The first kappa shape index (κ1) is 16.9. The molecule has 0 aliphatic rings. The van der Waals surface area contributed by atoms with Crippen molar-refractivity contribution in [2.24, 2.45) is 0 Å². The molecule has 5 nitrogen and oxygen atoms in total. The number of thioether (sulfide) groups is 1. The third-order valence-corrected chi connectivity index (χ3v) is 4.70. The lowest BCUT2D eigenvalue weighted by Gasteiger charge is -2.05. The molecular formula is C17H15BrN2O3S. The molecule has 7 heteroatoms. The number of benzene rings is 2. The van der Waals surface area contributed by atoms with Gasteiger partial charge in [-0.1, -0.05) is 39.8 Å². The first-order valence-corrected chi connectivity index (χ1v) is 8.90. The first-order chi connectivity index (χ1) is 11.7. The minimum Gasteiger partial charge on any atom is -0.497 e. The van der Waals surface area contributed by atoms with E-state index in [1.165, 1.54) is 17.3 Å². The van der Waals surface area contributed by atoms with Gasteiger partial charge >= 0.3 is 0 Å². The van der Waals surface area contributed by atoms with Crippen LogP contribution in [0.5, 0.6) is 11.5 Å². The second-order valence-electron chi connectivity index (χ2n) is 4.89. The SMILES string of the molecule is COc1cc(OC)cc(-c2nnc(SCc3ccc(Br)cc3)o2)c1. The van der Waals surface area contributed by atoms with E-state index in [1.54, 1.807) is 20.3 Å². The number of hydrogen-bond acceptors (Lipinski definition) is 6. The van der Waals surface area contributed by atoms with Crippen LogP contribution < -0.4 is 9.47 Å². The average Bonchev–Trinajstić information content (AvgIpc) is 3.10. The Morgan fingerprint density at radius 1 is 1.00 bits per heavy atom. The molecule has 124 valence electrons. The predicted octanol–water partition coefficient (Wildman–Crippen LogP) is 4.81. The van der Waals surface area contributed by atoms with Gasteiger partial charge in [-0.2, -0.15) is 0 Å². The van der Waals surface area contributed by atoms with E-state index in [1.807, 2.05) is 24.3 Å². The Hall–Kier alpha value is -1.99. The van der Waals surface area contributed by atoms with Crippen molar-refractivity contribution in [3.63, 3.8) is 0 Å². The number of ether oxygens (including phenoxy) is 2. The third kappa shape index (κ3) is 4.10. The quantitative estimate of drug-likeness (QED) is 0.547. The summed E-state index contributed by atoms with van der Waals surface area (Å²) < 4.78 is 17.3. The zero-order chi connectivity index (χ0) is 16.9. The van der Waals surface area contributed by atoms with Crippen LogP contribution in [0.3, 0.4) is 0 Å². The summed E-state index contributed by atoms with van der Waals surface area (Å²) in [5, 5.41) is 8.72. The maximum absolute atomic E-state index is 5.73. The zero-order valence-electron chi connectivity index (χ0n) is 13.2. The lowest BCUT2D eigenvalue weighted by atomic mass is 10.2. The highest BCUT2D eigenvalue weighted by Crippen LogP contribution is 2.31. The topological polar surface area (TPSA) is 57.4 Å². The van der Waals surface area contributed by atoms with Crippen molar-refractivity contribution in [1.29, 1.82) is 0 Å². The molecule has 0 radical (unpaired) electrons. The second-order valence-corrected chi connectivity index (χ2v) is 6.73. The Kier molecular flexibility index (Phi) is 5.42. The van der Waals surface area contributed by atoms with E-state index in [2.05, 4.69) is 38.3 Å². The number of methoxy groups -OCH3 is 2. The van der Waals surface area contributed by atoms with Gasteiger partial charge in [0.15, 0.2) is 0 Å². The molecule has 0 fully saturated rings. The van der Waals surface area contributed by atoms with Crippen LogP contribution in [-0.2, 0) is 5.75 Å². The fourth-order valence-corrected chi connectivity index (χ4v) is 3.02. The van der Waals surface area contributed by atoms with Crippen LogP contribution in [0.1, 0.15) is 5.56 Å². The smallest absolute Gasteiger partial charge is 0.277 e. The molecule has 0 unspecified atom stereocenters. The molecule has 0 atom stereocenters. The summed E-state index contributed by atoms with van der Waals surface area (Å²) >= 11 is 4.92. The van der Waals surface area contributed by atoms with Crippen molar-refractivity contribution in [3.05, 3.63) is 52.5 Å². The minimum atomic E-state index is 0.436. The monoisotopic (exact) mass is 406 g/mol. The summed E-state index contributed by atoms with van der Waals surface area (Å²) in [6.07, 6.45) is 0. The fraction of sp³-hybridized carbons (Fsp3) is 0.176. The molecule has 3 aromatic rings. The number of rotatable bonds is 6. The van der Waals surface area contributed by atoms with Gasteiger partial charge in [-0.15, -0.1) is 10.2 Å². The van der Waals surface area contributed by atoms with Crippen LogP contribution >= 0.6 is 27.7 Å². The van der Waals surface area contributed by atoms with Crippen LogP contribution in [0.25, 0.3) is 11.5 Å². The van der Waals surface area contributed by atoms with E-state index in [0.29, 0.717) is 22.6 Å². The molecule has 1 heterocycles. The Bertz CT molecular complexity index is 799. The highest BCUT2D eigenvalue weighted by Gasteiger charge is 2.12. The van der Waals surface area contributed by atoms with Crippen molar-refractivity contribution < 1.29 is 13.9 Å². The molecule has 24 heavy (non-hydrogen) atoms. The van der Waals surface area contributed by atoms with Crippen LogP contribution in [0.15, 0.2) is 56.6 Å². The van der Waals surface area contributed by atoms with Gasteiger partial charge in [0.05, 0.1) is 14.2 Å². The Balaban J connectivity index is 1.74. The van der Waals surface area contributed by atoms with Crippen molar-refractivity contribution in [3.8, 4) is 23.0 Å². The Morgan fingerprint density at radius 3 is 2.29 bits per heavy atom. The Morgan fingerprint density at radius 2 is 1.67 bits per heavy atom. The van der Waals surface area contributed by atoms with Gasteiger partial charge in [-0.25, -0.2) is 0 Å². The van der Waals surface area contributed by atoms with Gasteiger partial charge in [0.25, 0.3) is 5.22 Å². The molecule has 0 saturated carbocycles. The third-order valence-electron chi connectivity index (χ3n) is 3.28. The summed E-state index contributed by atoms with van der Waals surface area (Å²) in [5.74, 6) is 2.54. The largest absolute Gasteiger partial charge is 0.497 e. The molecular weight excluding hydrogens is 392 g/mol. The zero-order valence-corrected chi connectivity index (χ0v) is 15.6. The van der Waals surface area contributed by atoms with Crippen LogP contribution in [0.4, 0.5) is 0 Å². The van der Waals surface area contributed by atoms with E-state index < -0.39 is 0 Å². The fourth-order valence-electron chi connectivity index (χ4n) is 2.04. The lowest BCUT2D eigenvalue weighted by molar-refractivity contribution is 0.394. The molecule has 0 aliphatic carbocycles. The van der Waals surface area contributed by atoms with E-state index >= 15 is 0 Å². The van der Waals surface area contributed by atoms with Crippen molar-refractivity contribution >= 4 is 27.7 Å². The van der Waals surface area contributed by atoms with E-state index in [4.69, 9.17) is 13.9 Å². The lowest BCUT2D eigenvalue weighted by Crippen LogP contribution is -1.88. The summed E-state index contributed by atoms with van der Waals surface area (Å²) in [7, 11) is 3.21. The maximum atomic E-state index is 5.73. The molecule has 3 rings (SSSR count). The average molecular weight is 407 g/mol. The van der Waals surface area contributed by atoms with E-state index in [9.17, 15) is 0 Å². The molecule has 0 saturated heterocycles. The highest BCUT2D eigenvalue weighted by molar-refractivity contribution is 9.10. The molecule has 0 spiro atoms. The van der Waals surface area contributed by atoms with Crippen molar-refractivity contribution in [2.45, 2.75) is 11.0 Å². The van der Waals surface area contributed by atoms with Crippen molar-refractivity contribution in [1.82, 2.24) is 10.2 Å². The predicted molar refractivity (Wildman–Crippen MR) is 96.5 cm³/mol. The van der Waals surface area contributed by atoms with Gasteiger partial charge in [0.2, 0.25) is 5.89 Å². The van der Waals surface area contributed by atoms with Gasteiger partial charge < -0.3 is 13.9 Å². The number of aromatic nitrogens is 2. The standard InChI is InChI=1S/C17H15BrN2O3S/c1-21-14-7-12(8-15(9-14)22-2)16-19-20-17(23-16)24-10-11-3-5-13(18)6-4-11/h3-9H,10H2,1-2H3. The number of nitrogens with zero attached hydrogens (tertiary/aromatic N) is 2. The van der Waals surface area contributed by atoms with Crippen LogP contribution in [0.2, 0.25) is 0 Å². The van der Waals surface area contributed by atoms with Gasteiger partial charge in [0.1, 0.15) is 11.5 Å². The molecule has 2 aromatic carbocycles. The van der Waals surface area contributed by atoms with Gasteiger partial charge in [-0.3, -0.25) is 0 Å². The van der Waals surface area contributed by atoms with Crippen molar-refractivity contribution in [2.75, 3.05) is 14.2 Å². The molecule has 0 N–H and O–H groups in total. The van der Waals surface area contributed by atoms with E-state index in [0.717, 1.165) is 15.8 Å². The van der Waals surface area contributed by atoms with Gasteiger partial charge in [-0.05, 0) is 29.8 Å². The maximum Gasteiger partial charge on any atom is 0.277 e. The molecule has 0 amide bonds. The minimum absolute atomic E-state index is 0.436. The van der Waals surface area contributed by atoms with Crippen LogP contribution in [0, 0.1) is 0 Å². The molecule has 0 bridgehead atoms. The second kappa shape index (κ2) is 7.72. The summed E-state index contributed by atoms with van der Waals surface area (Å²) in [4.78, 5) is 0. The van der Waals surface area contributed by atoms with Crippen LogP contribution in [-0.4, -0.2) is 24.4 Å². The van der Waals surface area contributed by atoms with Gasteiger partial charge in [0, 0.05) is 21.9 Å². The highest BCUT2D eigenvalue weighted by atomic mass is 79.9. The number of halogens is 1. The first-order valence-electron chi connectivity index (χ1n) is 7.12. The molecule has 1 aromatic heterocycles. The molecule has 0 aliphatic heterocycles.